The highest BCUT2D eigenvalue weighted by atomic mass is 19.1. The molecular formula is C22H31FN6O. The third-order valence-corrected chi connectivity index (χ3v) is 5.03. The molecule has 1 fully saturated rings. The Morgan fingerprint density at radius 3 is 2.73 bits per heavy atom. The van der Waals surface area contributed by atoms with Crippen LogP contribution in [0.25, 0.3) is 0 Å². The fourth-order valence-corrected chi connectivity index (χ4v) is 3.33. The van der Waals surface area contributed by atoms with Gasteiger partial charge in [-0.15, -0.1) is 0 Å². The molecule has 1 aliphatic rings. The predicted octanol–water partition coefficient (Wildman–Crippen LogP) is 2.10. The standard InChI is InChI=1S/C22H31FN6O/c1-17(30-20-8-4-7-19(23)14-20)15-26-22(24-2)27-16-18-6-5-9-25-21(18)29-12-10-28(3)11-13-29/h4-9,14,17H,10-13,15-16H2,1-3H3,(H2,24,26,27). The van der Waals surface area contributed by atoms with Gasteiger partial charge in [0, 0.05) is 57.6 Å². The first kappa shape index (κ1) is 21.8. The average Bonchev–Trinajstić information content (AvgIpc) is 2.75. The lowest BCUT2D eigenvalue weighted by molar-refractivity contribution is 0.223. The van der Waals surface area contributed by atoms with Crippen LogP contribution in [-0.4, -0.2) is 68.8 Å². The van der Waals surface area contributed by atoms with Gasteiger partial charge in [-0.2, -0.15) is 0 Å². The van der Waals surface area contributed by atoms with Crippen molar-refractivity contribution >= 4 is 11.8 Å². The zero-order valence-corrected chi connectivity index (χ0v) is 17.9. The first-order valence-corrected chi connectivity index (χ1v) is 10.3. The topological polar surface area (TPSA) is 65.0 Å². The number of nitrogens with zero attached hydrogens (tertiary/aromatic N) is 4. The summed E-state index contributed by atoms with van der Waals surface area (Å²) < 4.78 is 19.1. The number of rotatable bonds is 7. The minimum Gasteiger partial charge on any atom is -0.489 e. The molecule has 162 valence electrons. The van der Waals surface area contributed by atoms with E-state index in [0.717, 1.165) is 37.6 Å². The molecule has 1 aromatic heterocycles. The molecule has 1 saturated heterocycles. The van der Waals surface area contributed by atoms with E-state index in [1.807, 2.05) is 19.2 Å². The molecule has 0 spiro atoms. The maximum Gasteiger partial charge on any atom is 0.191 e. The number of nitrogens with one attached hydrogen (secondary N) is 2. The van der Waals surface area contributed by atoms with Crippen molar-refractivity contribution in [2.24, 2.45) is 4.99 Å². The number of ether oxygens (including phenoxy) is 1. The molecule has 1 aromatic carbocycles. The monoisotopic (exact) mass is 414 g/mol. The number of aromatic nitrogens is 1. The number of piperazine rings is 1. The van der Waals surface area contributed by atoms with E-state index in [0.29, 0.717) is 24.8 Å². The van der Waals surface area contributed by atoms with Crippen LogP contribution in [0.2, 0.25) is 0 Å². The minimum absolute atomic E-state index is 0.148. The van der Waals surface area contributed by atoms with Crippen LogP contribution in [0.5, 0.6) is 5.75 Å². The summed E-state index contributed by atoms with van der Waals surface area (Å²) in [5, 5.41) is 6.61. The first-order valence-electron chi connectivity index (χ1n) is 10.3. The van der Waals surface area contributed by atoms with Crippen molar-refractivity contribution in [3.8, 4) is 5.75 Å². The molecule has 0 amide bonds. The van der Waals surface area contributed by atoms with Crippen LogP contribution in [-0.2, 0) is 6.54 Å². The number of benzene rings is 1. The van der Waals surface area contributed by atoms with Gasteiger partial charge in [-0.1, -0.05) is 12.1 Å². The van der Waals surface area contributed by atoms with Crippen LogP contribution < -0.4 is 20.3 Å². The van der Waals surface area contributed by atoms with Gasteiger partial charge in [0.1, 0.15) is 23.5 Å². The van der Waals surface area contributed by atoms with Gasteiger partial charge in [0.2, 0.25) is 0 Å². The van der Waals surface area contributed by atoms with E-state index in [2.05, 4.69) is 43.5 Å². The summed E-state index contributed by atoms with van der Waals surface area (Å²) in [6.07, 6.45) is 1.69. The SMILES string of the molecule is CN=C(NCc1cccnc1N1CCN(C)CC1)NCC(C)Oc1cccc(F)c1. The minimum atomic E-state index is -0.308. The van der Waals surface area contributed by atoms with E-state index in [9.17, 15) is 4.39 Å². The third-order valence-electron chi connectivity index (χ3n) is 5.03. The number of aliphatic imine (C=N–C) groups is 1. The molecule has 0 saturated carbocycles. The Hall–Kier alpha value is -2.87. The number of pyridine rings is 1. The van der Waals surface area contributed by atoms with Gasteiger partial charge in [-0.05, 0) is 32.2 Å². The van der Waals surface area contributed by atoms with E-state index >= 15 is 0 Å². The summed E-state index contributed by atoms with van der Waals surface area (Å²) in [5.74, 6) is 1.91. The molecule has 1 aliphatic heterocycles. The second-order valence-electron chi connectivity index (χ2n) is 7.47. The van der Waals surface area contributed by atoms with E-state index in [-0.39, 0.29) is 11.9 Å². The van der Waals surface area contributed by atoms with E-state index in [1.165, 1.54) is 12.1 Å². The molecule has 8 heteroatoms. The molecule has 0 radical (unpaired) electrons. The molecule has 7 nitrogen and oxygen atoms in total. The maximum absolute atomic E-state index is 13.3. The molecule has 30 heavy (non-hydrogen) atoms. The Morgan fingerprint density at radius 1 is 1.20 bits per heavy atom. The zero-order chi connectivity index (χ0) is 21.3. The lowest BCUT2D eigenvalue weighted by Crippen LogP contribution is -2.45. The van der Waals surface area contributed by atoms with E-state index in [4.69, 9.17) is 4.74 Å². The summed E-state index contributed by atoms with van der Waals surface area (Å²) in [6, 6.07) is 10.2. The van der Waals surface area contributed by atoms with Crippen LogP contribution in [0.4, 0.5) is 10.2 Å². The largest absolute Gasteiger partial charge is 0.489 e. The van der Waals surface area contributed by atoms with Crippen LogP contribution >= 0.6 is 0 Å². The van der Waals surface area contributed by atoms with E-state index in [1.54, 1.807) is 19.2 Å². The number of halogens is 1. The molecule has 2 aromatic rings. The van der Waals surface area contributed by atoms with Crippen molar-refractivity contribution in [3.05, 3.63) is 54.0 Å². The predicted molar refractivity (Wildman–Crippen MR) is 119 cm³/mol. The normalized spacial score (nSPS) is 16.3. The number of guanidine groups is 1. The number of anilines is 1. The second-order valence-corrected chi connectivity index (χ2v) is 7.47. The van der Waals surface area contributed by atoms with Crippen molar-refractivity contribution in [3.63, 3.8) is 0 Å². The number of likely N-dealkylation sites (N-methyl/N-ethyl adjacent to an activating group) is 1. The van der Waals surface area contributed by atoms with Crippen molar-refractivity contribution in [2.75, 3.05) is 51.7 Å². The summed E-state index contributed by atoms with van der Waals surface area (Å²) in [7, 11) is 3.88. The Morgan fingerprint density at radius 2 is 2.00 bits per heavy atom. The third kappa shape index (κ3) is 6.32. The van der Waals surface area contributed by atoms with Crippen LogP contribution in [0, 0.1) is 5.82 Å². The van der Waals surface area contributed by atoms with Crippen molar-refractivity contribution in [2.45, 2.75) is 19.6 Å². The fraction of sp³-hybridized carbons (Fsp3) is 0.455. The smallest absolute Gasteiger partial charge is 0.191 e. The molecule has 2 N–H and O–H groups in total. The van der Waals surface area contributed by atoms with Crippen LogP contribution in [0.3, 0.4) is 0 Å². The Labute approximate surface area is 178 Å². The molecule has 0 bridgehead atoms. The molecule has 1 atom stereocenters. The number of hydrogen-bond donors (Lipinski definition) is 2. The summed E-state index contributed by atoms with van der Waals surface area (Å²) >= 11 is 0. The first-order chi connectivity index (χ1) is 14.5. The molecule has 3 rings (SSSR count). The van der Waals surface area contributed by atoms with Gasteiger partial charge in [0.05, 0.1) is 6.54 Å². The zero-order valence-electron chi connectivity index (χ0n) is 17.9. The summed E-state index contributed by atoms with van der Waals surface area (Å²) in [6.45, 7) is 7.11. The van der Waals surface area contributed by atoms with Crippen LogP contribution in [0.15, 0.2) is 47.6 Å². The highest BCUT2D eigenvalue weighted by molar-refractivity contribution is 5.79. The molecule has 1 unspecified atom stereocenters. The lowest BCUT2D eigenvalue weighted by atomic mass is 10.2. The Bertz CT molecular complexity index is 838. The van der Waals surface area contributed by atoms with Gasteiger partial charge in [-0.25, -0.2) is 9.37 Å². The van der Waals surface area contributed by atoms with E-state index < -0.39 is 0 Å². The summed E-state index contributed by atoms with van der Waals surface area (Å²) in [5.41, 5.74) is 1.13. The van der Waals surface area contributed by atoms with Crippen molar-refractivity contribution in [1.29, 1.82) is 0 Å². The Kier molecular flexibility index (Phi) is 7.84. The highest BCUT2D eigenvalue weighted by Crippen LogP contribution is 2.18. The molecule has 2 heterocycles. The summed E-state index contributed by atoms with van der Waals surface area (Å²) in [4.78, 5) is 13.6. The molecule has 0 aliphatic carbocycles. The number of hydrogen-bond acceptors (Lipinski definition) is 5. The quantitative estimate of drug-likeness (QED) is 0.534. The average molecular weight is 415 g/mol. The maximum atomic E-state index is 13.3. The van der Waals surface area contributed by atoms with Gasteiger partial charge in [0.25, 0.3) is 0 Å². The fourth-order valence-electron chi connectivity index (χ4n) is 3.33. The lowest BCUT2D eigenvalue weighted by Gasteiger charge is -2.34. The Balaban J connectivity index is 1.51. The van der Waals surface area contributed by atoms with Crippen molar-refractivity contribution in [1.82, 2.24) is 20.5 Å². The van der Waals surface area contributed by atoms with Gasteiger partial charge in [0.15, 0.2) is 5.96 Å². The highest BCUT2D eigenvalue weighted by Gasteiger charge is 2.18. The molecular weight excluding hydrogens is 383 g/mol. The van der Waals surface area contributed by atoms with Crippen LogP contribution in [0.1, 0.15) is 12.5 Å². The van der Waals surface area contributed by atoms with Gasteiger partial charge >= 0.3 is 0 Å². The van der Waals surface area contributed by atoms with Crippen molar-refractivity contribution < 1.29 is 9.13 Å². The van der Waals surface area contributed by atoms with Gasteiger partial charge < -0.3 is 25.2 Å². The van der Waals surface area contributed by atoms with Gasteiger partial charge in [-0.3, -0.25) is 4.99 Å². The second kappa shape index (κ2) is 10.8.